The summed E-state index contributed by atoms with van der Waals surface area (Å²) in [6.45, 7) is 7.64. The first-order valence-electron chi connectivity index (χ1n) is 7.20. The first-order valence-corrected chi connectivity index (χ1v) is 8.39. The van der Waals surface area contributed by atoms with Crippen LogP contribution in [0.1, 0.15) is 55.2 Å². The highest BCUT2D eigenvalue weighted by Gasteiger charge is 2.15. The molecule has 3 heteroatoms. The second-order valence-corrected chi connectivity index (χ2v) is 7.10. The summed E-state index contributed by atoms with van der Waals surface area (Å²) < 4.78 is 0.849. The summed E-state index contributed by atoms with van der Waals surface area (Å²) >= 11 is 7.74. The van der Waals surface area contributed by atoms with Crippen LogP contribution in [0.4, 0.5) is 0 Å². The van der Waals surface area contributed by atoms with Crippen LogP contribution in [0.25, 0.3) is 0 Å². The van der Waals surface area contributed by atoms with Crippen molar-refractivity contribution >= 4 is 22.9 Å². The van der Waals surface area contributed by atoms with E-state index in [1.54, 1.807) is 11.3 Å². The molecule has 0 saturated carbocycles. The lowest BCUT2D eigenvalue weighted by Gasteiger charge is -2.18. The van der Waals surface area contributed by atoms with E-state index in [1.165, 1.54) is 16.0 Å². The van der Waals surface area contributed by atoms with E-state index in [1.807, 2.05) is 6.07 Å². The smallest absolute Gasteiger partial charge is 0.0931 e. The predicted octanol–water partition coefficient (Wildman–Crippen LogP) is 5.61. The van der Waals surface area contributed by atoms with Crippen LogP contribution < -0.4 is 5.32 Å². The van der Waals surface area contributed by atoms with E-state index < -0.39 is 0 Å². The monoisotopic (exact) mass is 307 g/mol. The van der Waals surface area contributed by atoms with Crippen molar-refractivity contribution < 1.29 is 0 Å². The molecule has 0 bridgehead atoms. The van der Waals surface area contributed by atoms with Crippen LogP contribution in [0.3, 0.4) is 0 Å². The number of nitrogens with one attached hydrogen (secondary N) is 1. The maximum absolute atomic E-state index is 6.08. The van der Waals surface area contributed by atoms with Gasteiger partial charge in [-0.2, -0.15) is 0 Å². The molecule has 1 unspecified atom stereocenters. The van der Waals surface area contributed by atoms with Gasteiger partial charge >= 0.3 is 0 Å². The summed E-state index contributed by atoms with van der Waals surface area (Å²) in [5, 5.41) is 3.62. The minimum Gasteiger partial charge on any atom is -0.306 e. The maximum Gasteiger partial charge on any atom is 0.0931 e. The molecule has 1 nitrogen and oxygen atoms in total. The van der Waals surface area contributed by atoms with Gasteiger partial charge in [0.05, 0.1) is 10.4 Å². The molecule has 0 aliphatic carbocycles. The Hall–Kier alpha value is -0.830. The van der Waals surface area contributed by atoms with Gasteiger partial charge in [-0.3, -0.25) is 0 Å². The Bertz CT molecular complexity index is 530. The van der Waals surface area contributed by atoms with Crippen LogP contribution in [0, 0.1) is 0 Å². The normalized spacial score (nSPS) is 12.8. The van der Waals surface area contributed by atoms with E-state index >= 15 is 0 Å². The lowest BCUT2D eigenvalue weighted by molar-refractivity contribution is 0.605. The molecular weight excluding hydrogens is 286 g/mol. The van der Waals surface area contributed by atoms with Gasteiger partial charge in [0.25, 0.3) is 0 Å². The van der Waals surface area contributed by atoms with Gasteiger partial charge < -0.3 is 5.32 Å². The van der Waals surface area contributed by atoms with E-state index in [0.717, 1.165) is 17.3 Å². The third-order valence-corrected chi connectivity index (χ3v) is 4.71. The van der Waals surface area contributed by atoms with E-state index in [4.69, 9.17) is 11.6 Å². The molecule has 108 valence electrons. The van der Waals surface area contributed by atoms with Gasteiger partial charge in [0.1, 0.15) is 0 Å². The lowest BCUT2D eigenvalue weighted by atomic mass is 9.98. The Morgan fingerprint density at radius 2 is 1.70 bits per heavy atom. The van der Waals surface area contributed by atoms with Crippen LogP contribution in [0.5, 0.6) is 0 Å². The Labute approximate surface area is 131 Å². The minimum atomic E-state index is 0.244. The first kappa shape index (κ1) is 15.6. The fraction of sp³-hybridized carbons (Fsp3) is 0.412. The molecule has 0 radical (unpaired) electrons. The van der Waals surface area contributed by atoms with Gasteiger partial charge in [-0.15, -0.1) is 11.3 Å². The number of benzene rings is 1. The van der Waals surface area contributed by atoms with Crippen molar-refractivity contribution in [3.63, 3.8) is 0 Å². The molecule has 0 aliphatic rings. The first-order chi connectivity index (χ1) is 9.61. The molecule has 0 fully saturated rings. The summed E-state index contributed by atoms with van der Waals surface area (Å²) in [5.41, 5.74) is 2.69. The summed E-state index contributed by atoms with van der Waals surface area (Å²) in [7, 11) is 0. The molecule has 0 saturated heterocycles. The Kier molecular flexibility index (Phi) is 5.64. The van der Waals surface area contributed by atoms with E-state index in [9.17, 15) is 0 Å². The van der Waals surface area contributed by atoms with Gasteiger partial charge in [-0.1, -0.05) is 56.6 Å². The van der Waals surface area contributed by atoms with Crippen molar-refractivity contribution in [3.8, 4) is 0 Å². The number of halogens is 1. The van der Waals surface area contributed by atoms with Gasteiger partial charge in [-0.25, -0.2) is 0 Å². The zero-order chi connectivity index (χ0) is 14.5. The second-order valence-electron chi connectivity index (χ2n) is 5.35. The topological polar surface area (TPSA) is 12.0 Å². The number of hydrogen-bond donors (Lipinski definition) is 1. The summed E-state index contributed by atoms with van der Waals surface area (Å²) in [4.78, 5) is 1.28. The van der Waals surface area contributed by atoms with Gasteiger partial charge in [0, 0.05) is 4.88 Å². The number of hydrogen-bond acceptors (Lipinski definition) is 2. The average molecular weight is 308 g/mol. The molecular formula is C17H22ClNS. The molecule has 0 spiro atoms. The van der Waals surface area contributed by atoms with Crippen molar-refractivity contribution in [2.75, 3.05) is 6.54 Å². The fourth-order valence-electron chi connectivity index (χ4n) is 2.23. The highest BCUT2D eigenvalue weighted by atomic mass is 35.5. The summed E-state index contributed by atoms with van der Waals surface area (Å²) in [6, 6.07) is 13.3. The van der Waals surface area contributed by atoms with Crippen LogP contribution in [-0.2, 0) is 0 Å². The molecule has 2 rings (SSSR count). The number of rotatable bonds is 6. The Balaban J connectivity index is 2.26. The Morgan fingerprint density at radius 3 is 2.20 bits per heavy atom. The predicted molar refractivity (Wildman–Crippen MR) is 90.0 cm³/mol. The zero-order valence-corrected chi connectivity index (χ0v) is 13.9. The van der Waals surface area contributed by atoms with Gasteiger partial charge in [0.2, 0.25) is 0 Å². The third kappa shape index (κ3) is 3.85. The van der Waals surface area contributed by atoms with Gasteiger partial charge in [0.15, 0.2) is 0 Å². The van der Waals surface area contributed by atoms with Crippen LogP contribution in [0.15, 0.2) is 36.4 Å². The van der Waals surface area contributed by atoms with Crippen molar-refractivity contribution in [1.82, 2.24) is 5.32 Å². The van der Waals surface area contributed by atoms with Crippen LogP contribution in [0.2, 0.25) is 4.34 Å². The molecule has 1 aromatic heterocycles. The number of thiophene rings is 1. The quantitative estimate of drug-likeness (QED) is 0.731. The second kappa shape index (κ2) is 7.26. The van der Waals surface area contributed by atoms with Crippen molar-refractivity contribution in [2.24, 2.45) is 0 Å². The summed E-state index contributed by atoms with van der Waals surface area (Å²) in [6.07, 6.45) is 1.12. The molecule has 1 N–H and O–H groups in total. The third-order valence-electron chi connectivity index (χ3n) is 3.41. The largest absolute Gasteiger partial charge is 0.306 e. The minimum absolute atomic E-state index is 0.244. The molecule has 2 aromatic rings. The molecule has 0 amide bonds. The zero-order valence-electron chi connectivity index (χ0n) is 12.3. The Morgan fingerprint density at radius 1 is 1.05 bits per heavy atom. The van der Waals surface area contributed by atoms with Crippen molar-refractivity contribution in [2.45, 2.75) is 39.2 Å². The van der Waals surface area contributed by atoms with Crippen molar-refractivity contribution in [1.29, 1.82) is 0 Å². The average Bonchev–Trinajstić information content (AvgIpc) is 2.86. The molecule has 0 aliphatic heterocycles. The molecule has 1 heterocycles. The fourth-order valence-corrected chi connectivity index (χ4v) is 3.39. The van der Waals surface area contributed by atoms with Crippen LogP contribution in [-0.4, -0.2) is 6.54 Å². The van der Waals surface area contributed by atoms with Gasteiger partial charge in [-0.05, 0) is 42.1 Å². The van der Waals surface area contributed by atoms with E-state index in [2.05, 4.69) is 56.4 Å². The highest BCUT2D eigenvalue weighted by molar-refractivity contribution is 7.16. The molecule has 1 aromatic carbocycles. The maximum atomic E-state index is 6.08. The summed E-state index contributed by atoms with van der Waals surface area (Å²) in [5.74, 6) is 0.572. The van der Waals surface area contributed by atoms with E-state index in [-0.39, 0.29) is 6.04 Å². The SMILES string of the molecule is CCCNC(c1ccc(C(C)C)cc1)c1ccc(Cl)s1. The highest BCUT2D eigenvalue weighted by Crippen LogP contribution is 2.31. The van der Waals surface area contributed by atoms with Crippen molar-refractivity contribution in [3.05, 3.63) is 56.7 Å². The molecule has 1 atom stereocenters. The van der Waals surface area contributed by atoms with E-state index in [0.29, 0.717) is 5.92 Å². The standard InChI is InChI=1S/C17H22ClNS/c1-4-11-19-17(15-9-10-16(18)20-15)14-7-5-13(6-8-14)12(2)3/h5-10,12,17,19H,4,11H2,1-3H3. The molecule has 20 heavy (non-hydrogen) atoms. The lowest BCUT2D eigenvalue weighted by Crippen LogP contribution is -2.22. The van der Waals surface area contributed by atoms with Crippen LogP contribution >= 0.6 is 22.9 Å².